The van der Waals surface area contributed by atoms with E-state index in [9.17, 15) is 9.90 Å². The number of hydrogen-bond acceptors (Lipinski definition) is 2. The molecule has 1 rings (SSSR count). The van der Waals surface area contributed by atoms with E-state index in [0.29, 0.717) is 0 Å². The predicted molar refractivity (Wildman–Crippen MR) is 38.8 cm³/mol. The summed E-state index contributed by atoms with van der Waals surface area (Å²) >= 11 is 0. The van der Waals surface area contributed by atoms with Gasteiger partial charge in [0.15, 0.2) is 0 Å². The van der Waals surface area contributed by atoms with Gasteiger partial charge in [0.1, 0.15) is 0 Å². The van der Waals surface area contributed by atoms with E-state index >= 15 is 0 Å². The number of amides is 1. The lowest BCUT2D eigenvalue weighted by molar-refractivity contribution is -0.268. The molecule has 0 heterocycles. The molecule has 0 radical (unpaired) electrons. The maximum atomic E-state index is 10.6. The Morgan fingerprint density at radius 3 is 2.36 bits per heavy atom. The van der Waals surface area contributed by atoms with Gasteiger partial charge in [0.05, 0.1) is 6.42 Å². The fraction of sp³-hybridized carbons (Fsp3) is 0.125. The fourth-order valence-corrected chi connectivity index (χ4v) is 0.808. The van der Waals surface area contributed by atoms with Crippen LogP contribution in [-0.4, -0.2) is 5.91 Å². The Kier molecular flexibility index (Phi) is 2.11. The molecule has 0 aliphatic carbocycles. The van der Waals surface area contributed by atoms with Crippen LogP contribution in [0.4, 0.5) is 0 Å². The monoisotopic (exact) mass is 150 g/mol. The van der Waals surface area contributed by atoms with E-state index < -0.39 is 0 Å². The Labute approximate surface area is 64.5 Å². The second-order valence-electron chi connectivity index (χ2n) is 2.29. The Hall–Kier alpha value is -1.51. The van der Waals surface area contributed by atoms with Crippen molar-refractivity contribution in [3.63, 3.8) is 0 Å². The van der Waals surface area contributed by atoms with E-state index in [1.165, 1.54) is 12.1 Å². The Balaban J connectivity index is 2.74. The Bertz CT molecular complexity index is 253. The number of carbonyl (C=O) groups is 1. The summed E-state index contributed by atoms with van der Waals surface area (Å²) in [6, 6.07) is 6.04. The largest absolute Gasteiger partial charge is 0.872 e. The summed E-state index contributed by atoms with van der Waals surface area (Å²) in [6.45, 7) is 0. The summed E-state index contributed by atoms with van der Waals surface area (Å²) in [5.74, 6) is -0.443. The normalized spacial score (nSPS) is 9.45. The van der Waals surface area contributed by atoms with E-state index in [2.05, 4.69) is 0 Å². The molecule has 0 aromatic heterocycles. The third kappa shape index (κ3) is 2.29. The first-order chi connectivity index (χ1) is 5.18. The Morgan fingerprint density at radius 1 is 1.36 bits per heavy atom. The quantitative estimate of drug-likeness (QED) is 0.633. The molecule has 58 valence electrons. The van der Waals surface area contributed by atoms with Crippen molar-refractivity contribution in [2.45, 2.75) is 6.42 Å². The van der Waals surface area contributed by atoms with Crippen LogP contribution >= 0.6 is 0 Å². The lowest BCUT2D eigenvalue weighted by Crippen LogP contribution is -2.13. The van der Waals surface area contributed by atoms with Crippen LogP contribution in [0.25, 0.3) is 0 Å². The van der Waals surface area contributed by atoms with Crippen LogP contribution in [0.15, 0.2) is 24.3 Å². The first-order valence-electron chi connectivity index (χ1n) is 3.23. The first-order valence-corrected chi connectivity index (χ1v) is 3.23. The number of nitrogens with two attached hydrogens (primary N) is 1. The first kappa shape index (κ1) is 7.60. The van der Waals surface area contributed by atoms with Crippen molar-refractivity contribution in [2.24, 2.45) is 5.73 Å². The minimum absolute atomic E-state index is 0.0572. The lowest BCUT2D eigenvalue weighted by Gasteiger charge is -2.04. The van der Waals surface area contributed by atoms with Gasteiger partial charge in [0.2, 0.25) is 5.91 Å². The van der Waals surface area contributed by atoms with Gasteiger partial charge in [-0.2, -0.15) is 0 Å². The maximum absolute atomic E-state index is 10.6. The second-order valence-corrected chi connectivity index (χ2v) is 2.29. The Morgan fingerprint density at radius 2 is 1.91 bits per heavy atom. The third-order valence-corrected chi connectivity index (χ3v) is 1.30. The molecular weight excluding hydrogens is 142 g/mol. The molecule has 0 bridgehead atoms. The molecule has 0 atom stereocenters. The van der Waals surface area contributed by atoms with Crippen LogP contribution in [0.5, 0.6) is 5.75 Å². The van der Waals surface area contributed by atoms with E-state index in [1.807, 2.05) is 0 Å². The van der Waals surface area contributed by atoms with Gasteiger partial charge in [-0.3, -0.25) is 4.79 Å². The highest BCUT2D eigenvalue weighted by Crippen LogP contribution is 2.06. The minimum Gasteiger partial charge on any atom is -0.872 e. The summed E-state index contributed by atoms with van der Waals surface area (Å²) < 4.78 is 0. The van der Waals surface area contributed by atoms with Crippen LogP contribution in [0, 0.1) is 0 Å². The molecular formula is C8H8NO2-. The van der Waals surface area contributed by atoms with Crippen molar-refractivity contribution in [3.8, 4) is 5.75 Å². The smallest absolute Gasteiger partial charge is 0.221 e. The predicted octanol–water partition coefficient (Wildman–Crippen LogP) is -0.212. The van der Waals surface area contributed by atoms with Gasteiger partial charge < -0.3 is 10.8 Å². The number of rotatable bonds is 2. The molecule has 0 unspecified atom stereocenters. The molecule has 11 heavy (non-hydrogen) atoms. The van der Waals surface area contributed by atoms with Gasteiger partial charge in [-0.25, -0.2) is 0 Å². The van der Waals surface area contributed by atoms with Gasteiger partial charge in [-0.15, -0.1) is 5.75 Å². The van der Waals surface area contributed by atoms with Crippen molar-refractivity contribution in [1.82, 2.24) is 0 Å². The van der Waals surface area contributed by atoms with Crippen LogP contribution < -0.4 is 10.8 Å². The fourth-order valence-electron chi connectivity index (χ4n) is 0.808. The van der Waals surface area contributed by atoms with Crippen molar-refractivity contribution in [1.29, 1.82) is 0 Å². The van der Waals surface area contributed by atoms with E-state index in [0.717, 1.165) is 5.56 Å². The zero-order chi connectivity index (χ0) is 8.27. The van der Waals surface area contributed by atoms with Crippen molar-refractivity contribution >= 4 is 5.91 Å². The molecule has 0 saturated carbocycles. The van der Waals surface area contributed by atoms with Gasteiger partial charge in [0.25, 0.3) is 0 Å². The SMILES string of the molecule is NC(=O)Cc1ccc([O-])cc1. The van der Waals surface area contributed by atoms with Crippen LogP contribution in [0.2, 0.25) is 0 Å². The highest BCUT2D eigenvalue weighted by molar-refractivity contribution is 5.76. The molecule has 0 fully saturated rings. The number of hydrogen-bond donors (Lipinski definition) is 1. The van der Waals surface area contributed by atoms with Crippen molar-refractivity contribution in [3.05, 3.63) is 29.8 Å². The zero-order valence-corrected chi connectivity index (χ0v) is 5.91. The van der Waals surface area contributed by atoms with E-state index in [4.69, 9.17) is 5.73 Å². The molecule has 0 aliphatic rings. The van der Waals surface area contributed by atoms with Gasteiger partial charge in [-0.1, -0.05) is 24.3 Å². The van der Waals surface area contributed by atoms with Crippen LogP contribution in [0.3, 0.4) is 0 Å². The standard InChI is InChI=1S/C8H9NO2/c9-8(11)5-6-1-3-7(10)4-2-6/h1-4,10H,5H2,(H2,9,11)/p-1. The van der Waals surface area contributed by atoms with Gasteiger partial charge in [0, 0.05) is 0 Å². The summed E-state index contributed by atoms with van der Waals surface area (Å²) in [6.07, 6.45) is 0.195. The van der Waals surface area contributed by atoms with Gasteiger partial charge >= 0.3 is 0 Å². The van der Waals surface area contributed by atoms with Gasteiger partial charge in [-0.05, 0) is 5.56 Å². The average Bonchev–Trinajstić information content (AvgIpc) is 1.93. The summed E-state index contributed by atoms with van der Waals surface area (Å²) in [5.41, 5.74) is 5.72. The van der Waals surface area contributed by atoms with Crippen LogP contribution in [-0.2, 0) is 11.2 Å². The topological polar surface area (TPSA) is 66.2 Å². The third-order valence-electron chi connectivity index (χ3n) is 1.30. The number of carbonyl (C=O) groups excluding carboxylic acids is 1. The lowest BCUT2D eigenvalue weighted by atomic mass is 10.1. The molecule has 3 heteroatoms. The summed E-state index contributed by atoms with van der Waals surface area (Å²) in [5, 5.41) is 10.6. The van der Waals surface area contributed by atoms with E-state index in [1.54, 1.807) is 12.1 Å². The summed E-state index contributed by atoms with van der Waals surface area (Å²) in [4.78, 5) is 10.4. The second kappa shape index (κ2) is 3.05. The average molecular weight is 150 g/mol. The van der Waals surface area contributed by atoms with E-state index in [-0.39, 0.29) is 18.1 Å². The number of benzene rings is 1. The molecule has 0 spiro atoms. The van der Waals surface area contributed by atoms with Crippen LogP contribution in [0.1, 0.15) is 5.56 Å². The number of primary amides is 1. The molecule has 3 nitrogen and oxygen atoms in total. The molecule has 0 saturated heterocycles. The maximum Gasteiger partial charge on any atom is 0.221 e. The van der Waals surface area contributed by atoms with Crippen molar-refractivity contribution in [2.75, 3.05) is 0 Å². The highest BCUT2D eigenvalue weighted by Gasteiger charge is 1.94. The highest BCUT2D eigenvalue weighted by atomic mass is 16.3. The zero-order valence-electron chi connectivity index (χ0n) is 5.91. The molecule has 1 aromatic carbocycles. The summed E-state index contributed by atoms with van der Waals surface area (Å²) in [7, 11) is 0. The minimum atomic E-state index is -0.386. The van der Waals surface area contributed by atoms with Crippen molar-refractivity contribution < 1.29 is 9.90 Å². The molecule has 1 amide bonds. The molecule has 1 aromatic rings. The molecule has 0 aliphatic heterocycles. The molecule has 2 N–H and O–H groups in total.